The minimum absolute atomic E-state index is 0.0568. The number of H-pyrrole nitrogens is 1. The average Bonchev–Trinajstić information content (AvgIpc) is 3.55. The van der Waals surface area contributed by atoms with Crippen molar-refractivity contribution >= 4 is 40.1 Å². The van der Waals surface area contributed by atoms with E-state index in [1.807, 2.05) is 36.1 Å². The van der Waals surface area contributed by atoms with Crippen molar-refractivity contribution in [3.05, 3.63) is 77.1 Å². The first-order valence-electron chi connectivity index (χ1n) is 17.2. The Morgan fingerprint density at radius 1 is 0.980 bits per heavy atom. The molecular weight excluding hydrogens is 636 g/mol. The van der Waals surface area contributed by atoms with Crippen LogP contribution in [0.5, 0.6) is 11.5 Å². The Labute approximate surface area is 293 Å². The van der Waals surface area contributed by atoms with Crippen LogP contribution in [-0.2, 0) is 11.2 Å². The maximum Gasteiger partial charge on any atom is 0.258 e. The van der Waals surface area contributed by atoms with Gasteiger partial charge in [-0.2, -0.15) is 0 Å². The van der Waals surface area contributed by atoms with Crippen LogP contribution in [0.3, 0.4) is 0 Å². The summed E-state index contributed by atoms with van der Waals surface area (Å²) in [4.78, 5) is 53.2. The zero-order valence-corrected chi connectivity index (χ0v) is 29.5. The third kappa shape index (κ3) is 8.99. The summed E-state index contributed by atoms with van der Waals surface area (Å²) < 4.78 is 11.8. The van der Waals surface area contributed by atoms with E-state index in [2.05, 4.69) is 27.2 Å². The summed E-state index contributed by atoms with van der Waals surface area (Å²) in [6, 6.07) is 16.0. The maximum atomic E-state index is 13.7. The summed E-state index contributed by atoms with van der Waals surface area (Å²) >= 11 is 0. The fourth-order valence-electron chi connectivity index (χ4n) is 6.02. The number of unbranched alkanes of at least 4 members (excludes halogenated alkanes) is 2. The van der Waals surface area contributed by atoms with E-state index in [-0.39, 0.29) is 24.3 Å². The molecular formula is C38H48N6O6. The predicted molar refractivity (Wildman–Crippen MR) is 194 cm³/mol. The third-order valence-corrected chi connectivity index (χ3v) is 9.00. The van der Waals surface area contributed by atoms with Gasteiger partial charge in [0.1, 0.15) is 22.8 Å². The van der Waals surface area contributed by atoms with Gasteiger partial charge in [-0.3, -0.25) is 14.4 Å². The first-order chi connectivity index (χ1) is 24.2. The van der Waals surface area contributed by atoms with Crippen LogP contribution in [0.4, 0.5) is 11.4 Å². The number of rotatable bonds is 15. The number of imidazole rings is 1. The monoisotopic (exact) mass is 684 g/mol. The first-order valence-corrected chi connectivity index (χ1v) is 17.2. The minimum atomic E-state index is -0.367. The van der Waals surface area contributed by atoms with Gasteiger partial charge in [-0.25, -0.2) is 4.98 Å². The van der Waals surface area contributed by atoms with Crippen molar-refractivity contribution in [2.45, 2.75) is 45.4 Å². The van der Waals surface area contributed by atoms with E-state index in [1.165, 1.54) is 7.11 Å². The van der Waals surface area contributed by atoms with Gasteiger partial charge in [-0.05, 0) is 87.7 Å². The molecule has 5 rings (SSSR count). The van der Waals surface area contributed by atoms with Crippen molar-refractivity contribution in [1.82, 2.24) is 19.8 Å². The van der Waals surface area contributed by atoms with Crippen molar-refractivity contribution < 1.29 is 29.0 Å². The summed E-state index contributed by atoms with van der Waals surface area (Å²) in [6.07, 6.45) is 4.18. The standard InChI is InChI=1S/C38H48N6O6/c1-26-14-17-31(33(24-26)50-23-7-5-6-13-35(46)44-20-18-42(2)19-21-44)43(3)38(48)27-15-16-29(32(25-27)49-4)40-37(47)28-10-8-11-30-36(28)41-34(39-30)12-9-22-45/h8,10-11,14-17,24-25,45H,5-7,9,12-13,18-23H2,1-4H3,(H,39,41)(H,40,47). The number of carbonyl (C=O) groups excluding carboxylic acids is 3. The molecule has 50 heavy (non-hydrogen) atoms. The number of hydrogen-bond acceptors (Lipinski definition) is 8. The Hall–Kier alpha value is -4.94. The van der Waals surface area contributed by atoms with Gasteiger partial charge < -0.3 is 39.6 Å². The van der Waals surface area contributed by atoms with E-state index in [0.29, 0.717) is 71.2 Å². The topological polar surface area (TPSA) is 140 Å². The molecule has 12 heteroatoms. The number of amides is 3. The molecule has 3 aromatic carbocycles. The number of hydrogen-bond donors (Lipinski definition) is 3. The van der Waals surface area contributed by atoms with Crippen LogP contribution in [0.1, 0.15) is 64.2 Å². The lowest BCUT2D eigenvalue weighted by molar-refractivity contribution is -0.132. The SMILES string of the molecule is COc1cc(C(=O)N(C)c2ccc(C)cc2OCCCCCC(=O)N2CCN(C)CC2)ccc1NC(=O)c1cccc2[nH]c(CCCO)nc12. The number of aliphatic hydroxyl groups is 1. The van der Waals surface area contributed by atoms with Crippen LogP contribution in [0, 0.1) is 6.92 Å². The number of methoxy groups -OCH3 is 1. The second-order valence-electron chi connectivity index (χ2n) is 12.8. The molecule has 1 aromatic heterocycles. The van der Waals surface area contributed by atoms with E-state index in [4.69, 9.17) is 14.6 Å². The van der Waals surface area contributed by atoms with E-state index in [1.54, 1.807) is 42.3 Å². The number of ether oxygens (including phenoxy) is 2. The number of nitrogens with zero attached hydrogens (tertiary/aromatic N) is 4. The fraction of sp³-hybridized carbons (Fsp3) is 0.421. The molecule has 0 bridgehead atoms. The van der Waals surface area contributed by atoms with Crippen molar-refractivity contribution in [2.24, 2.45) is 0 Å². The number of aromatic nitrogens is 2. The van der Waals surface area contributed by atoms with Crippen molar-refractivity contribution in [1.29, 1.82) is 0 Å². The van der Waals surface area contributed by atoms with Crippen LogP contribution in [0.15, 0.2) is 54.6 Å². The number of anilines is 2. The zero-order valence-electron chi connectivity index (χ0n) is 29.5. The number of para-hydroxylation sites is 1. The van der Waals surface area contributed by atoms with Crippen molar-refractivity contribution in [3.8, 4) is 11.5 Å². The highest BCUT2D eigenvalue weighted by Gasteiger charge is 2.22. The molecule has 12 nitrogen and oxygen atoms in total. The second-order valence-corrected chi connectivity index (χ2v) is 12.8. The Kier molecular flexibility index (Phi) is 12.5. The molecule has 0 atom stereocenters. The number of nitrogens with one attached hydrogen (secondary N) is 2. The van der Waals surface area contributed by atoms with Gasteiger partial charge >= 0.3 is 0 Å². The van der Waals surface area contributed by atoms with Gasteiger partial charge in [0.15, 0.2) is 0 Å². The van der Waals surface area contributed by atoms with E-state index >= 15 is 0 Å². The van der Waals surface area contributed by atoms with Crippen LogP contribution in [0.2, 0.25) is 0 Å². The molecule has 0 unspecified atom stereocenters. The Bertz CT molecular complexity index is 1800. The highest BCUT2D eigenvalue weighted by molar-refractivity contribution is 6.12. The molecule has 266 valence electrons. The zero-order chi connectivity index (χ0) is 35.6. The predicted octanol–water partition coefficient (Wildman–Crippen LogP) is 5.05. The molecule has 1 fully saturated rings. The summed E-state index contributed by atoms with van der Waals surface area (Å²) in [5.74, 6) is 1.23. The molecule has 0 saturated carbocycles. The molecule has 3 amide bonds. The summed E-state index contributed by atoms with van der Waals surface area (Å²) in [5, 5.41) is 12.1. The second kappa shape index (κ2) is 17.1. The molecule has 0 spiro atoms. The Balaban J connectivity index is 1.19. The number of aromatic amines is 1. The molecule has 0 aliphatic carbocycles. The molecule has 2 heterocycles. The first kappa shape index (κ1) is 36.3. The number of aliphatic hydroxyl groups excluding tert-OH is 1. The van der Waals surface area contributed by atoms with Crippen LogP contribution in [-0.4, -0.2) is 103 Å². The lowest BCUT2D eigenvalue weighted by Crippen LogP contribution is -2.47. The van der Waals surface area contributed by atoms with Gasteiger partial charge in [0.05, 0.1) is 36.2 Å². The van der Waals surface area contributed by atoms with Gasteiger partial charge in [0, 0.05) is 58.2 Å². The highest BCUT2D eigenvalue weighted by Crippen LogP contribution is 2.32. The van der Waals surface area contributed by atoms with Crippen molar-refractivity contribution in [3.63, 3.8) is 0 Å². The summed E-state index contributed by atoms with van der Waals surface area (Å²) in [6.45, 7) is 5.94. The number of carbonyl (C=O) groups is 3. The maximum absolute atomic E-state index is 13.7. The quantitative estimate of drug-likeness (QED) is 0.148. The van der Waals surface area contributed by atoms with Crippen LogP contribution < -0.4 is 19.7 Å². The molecule has 1 saturated heterocycles. The lowest BCUT2D eigenvalue weighted by Gasteiger charge is -2.32. The number of likely N-dealkylation sites (N-methyl/N-ethyl adjacent to an activating group) is 1. The third-order valence-electron chi connectivity index (χ3n) is 9.00. The number of piperazine rings is 1. The van der Waals surface area contributed by atoms with Crippen LogP contribution in [0.25, 0.3) is 11.0 Å². The average molecular weight is 685 g/mol. The smallest absolute Gasteiger partial charge is 0.258 e. The normalized spacial score (nSPS) is 13.3. The number of aryl methyl sites for hydroxylation is 2. The molecule has 3 N–H and O–H groups in total. The Morgan fingerprint density at radius 3 is 2.54 bits per heavy atom. The van der Waals surface area contributed by atoms with Gasteiger partial charge in [0.25, 0.3) is 11.8 Å². The van der Waals surface area contributed by atoms with E-state index in [0.717, 1.165) is 56.5 Å². The van der Waals surface area contributed by atoms with Gasteiger partial charge in [-0.15, -0.1) is 0 Å². The Morgan fingerprint density at radius 2 is 1.78 bits per heavy atom. The highest BCUT2D eigenvalue weighted by atomic mass is 16.5. The fourth-order valence-corrected chi connectivity index (χ4v) is 6.02. The largest absolute Gasteiger partial charge is 0.495 e. The molecule has 0 radical (unpaired) electrons. The number of fused-ring (bicyclic) bond motifs is 1. The molecule has 1 aliphatic heterocycles. The minimum Gasteiger partial charge on any atom is -0.495 e. The van der Waals surface area contributed by atoms with Crippen LogP contribution >= 0.6 is 0 Å². The summed E-state index contributed by atoms with van der Waals surface area (Å²) in [5.41, 5.74) is 4.09. The molecule has 4 aromatic rings. The van der Waals surface area contributed by atoms with Gasteiger partial charge in [-0.1, -0.05) is 12.1 Å². The van der Waals surface area contributed by atoms with Gasteiger partial charge in [0.2, 0.25) is 5.91 Å². The number of benzene rings is 3. The molecule has 1 aliphatic rings. The summed E-state index contributed by atoms with van der Waals surface area (Å²) in [7, 11) is 5.26. The lowest BCUT2D eigenvalue weighted by atomic mass is 10.1. The van der Waals surface area contributed by atoms with E-state index < -0.39 is 0 Å². The van der Waals surface area contributed by atoms with E-state index in [9.17, 15) is 14.4 Å². The van der Waals surface area contributed by atoms with Crippen molar-refractivity contribution in [2.75, 3.05) is 70.8 Å².